The fourth-order valence-corrected chi connectivity index (χ4v) is 4.49. The number of hydrogen-bond donors (Lipinski definition) is 1. The van der Waals surface area contributed by atoms with Gasteiger partial charge in [0.25, 0.3) is 0 Å². The van der Waals surface area contributed by atoms with Crippen LogP contribution in [-0.4, -0.2) is 26.7 Å². The second-order valence-corrected chi connectivity index (χ2v) is 7.42. The normalized spacial score (nSPS) is 19.0. The number of anilines is 3. The van der Waals surface area contributed by atoms with Gasteiger partial charge in [-0.05, 0) is 48.7 Å². The van der Waals surface area contributed by atoms with Crippen LogP contribution >= 0.6 is 11.6 Å². The number of benzene rings is 2. The quantitative estimate of drug-likeness (QED) is 0.791. The van der Waals surface area contributed by atoms with E-state index in [1.165, 1.54) is 5.56 Å². The Hall–Kier alpha value is -1.94. The second kappa shape index (κ2) is 5.55. The van der Waals surface area contributed by atoms with Gasteiger partial charge in [0.1, 0.15) is 5.82 Å². The predicted molar refractivity (Wildman–Crippen MR) is 98.7 cm³/mol. The molecule has 3 nitrogen and oxygen atoms in total. The van der Waals surface area contributed by atoms with Crippen LogP contribution in [0.3, 0.4) is 0 Å². The summed E-state index contributed by atoms with van der Waals surface area (Å²) in [5, 5.41) is 0.665. The third-order valence-corrected chi connectivity index (χ3v) is 5.77. The summed E-state index contributed by atoms with van der Waals surface area (Å²) in [5.41, 5.74) is 10.4. The van der Waals surface area contributed by atoms with Crippen molar-refractivity contribution in [2.45, 2.75) is 18.3 Å². The van der Waals surface area contributed by atoms with Gasteiger partial charge in [-0.1, -0.05) is 17.7 Å². The van der Waals surface area contributed by atoms with E-state index in [1.807, 2.05) is 24.3 Å². The summed E-state index contributed by atoms with van der Waals surface area (Å²) in [5.74, 6) is -0.163. The Morgan fingerprint density at radius 1 is 1.08 bits per heavy atom. The minimum atomic E-state index is -0.163. The highest BCUT2D eigenvalue weighted by Crippen LogP contribution is 2.47. The number of rotatable bonds is 1. The van der Waals surface area contributed by atoms with E-state index < -0.39 is 0 Å². The van der Waals surface area contributed by atoms with Crippen molar-refractivity contribution in [3.8, 4) is 0 Å². The number of nitrogens with zero attached hydrogens (tertiary/aromatic N) is 2. The number of likely N-dealkylation sites (N-methyl/N-ethyl adjacent to an activating group) is 1. The highest BCUT2D eigenvalue weighted by Gasteiger charge is 2.43. The van der Waals surface area contributed by atoms with E-state index in [9.17, 15) is 4.39 Å². The van der Waals surface area contributed by atoms with Crippen molar-refractivity contribution in [1.29, 1.82) is 0 Å². The zero-order valence-electron chi connectivity index (χ0n) is 13.7. The molecule has 0 bridgehead atoms. The smallest absolute Gasteiger partial charge is 0.125 e. The molecule has 24 heavy (non-hydrogen) atoms. The van der Waals surface area contributed by atoms with Crippen LogP contribution in [-0.2, 0) is 5.41 Å². The van der Waals surface area contributed by atoms with Crippen molar-refractivity contribution in [2.75, 3.05) is 42.2 Å². The second-order valence-electron chi connectivity index (χ2n) is 6.99. The molecule has 1 fully saturated rings. The first-order valence-electron chi connectivity index (χ1n) is 8.30. The Morgan fingerprint density at radius 3 is 2.54 bits per heavy atom. The van der Waals surface area contributed by atoms with Crippen molar-refractivity contribution < 1.29 is 4.39 Å². The van der Waals surface area contributed by atoms with Gasteiger partial charge < -0.3 is 15.5 Å². The van der Waals surface area contributed by atoms with Gasteiger partial charge >= 0.3 is 0 Å². The van der Waals surface area contributed by atoms with Gasteiger partial charge in [0, 0.05) is 42.8 Å². The maximum Gasteiger partial charge on any atom is 0.125 e. The van der Waals surface area contributed by atoms with Crippen molar-refractivity contribution in [3.63, 3.8) is 0 Å². The first-order valence-corrected chi connectivity index (χ1v) is 8.67. The lowest BCUT2D eigenvalue weighted by Gasteiger charge is -2.41. The third kappa shape index (κ3) is 2.40. The predicted octanol–water partition coefficient (Wildman–Crippen LogP) is 4.05. The number of nitrogen functional groups attached to an aromatic ring is 1. The largest absolute Gasteiger partial charge is 0.397 e. The van der Waals surface area contributed by atoms with Crippen LogP contribution in [0.4, 0.5) is 21.5 Å². The van der Waals surface area contributed by atoms with Gasteiger partial charge in [-0.15, -0.1) is 0 Å². The molecule has 0 aliphatic carbocycles. The zero-order chi connectivity index (χ0) is 16.9. The summed E-state index contributed by atoms with van der Waals surface area (Å²) >= 11 is 6.00. The number of hydrogen-bond acceptors (Lipinski definition) is 3. The molecule has 5 heteroatoms. The fraction of sp³-hybridized carbons (Fsp3) is 0.368. The van der Waals surface area contributed by atoms with Crippen LogP contribution in [0.2, 0.25) is 5.02 Å². The number of fused-ring (bicyclic) bond motifs is 2. The van der Waals surface area contributed by atoms with Crippen LogP contribution in [0.1, 0.15) is 18.4 Å². The molecule has 2 aromatic rings. The summed E-state index contributed by atoms with van der Waals surface area (Å²) in [6.07, 6.45) is 2.08. The molecule has 2 aliphatic heterocycles. The van der Waals surface area contributed by atoms with Crippen molar-refractivity contribution in [1.82, 2.24) is 0 Å². The summed E-state index contributed by atoms with van der Waals surface area (Å²) < 4.78 is 13.6. The summed E-state index contributed by atoms with van der Waals surface area (Å²) in [7, 11) is 2.05. The van der Waals surface area contributed by atoms with Gasteiger partial charge in [-0.2, -0.15) is 0 Å². The van der Waals surface area contributed by atoms with E-state index in [4.69, 9.17) is 17.3 Å². The monoisotopic (exact) mass is 345 g/mol. The Balaban J connectivity index is 1.59. The molecule has 1 spiro atoms. The molecule has 0 radical (unpaired) electrons. The topological polar surface area (TPSA) is 32.5 Å². The number of piperidine rings is 1. The van der Waals surface area contributed by atoms with Crippen LogP contribution in [0.25, 0.3) is 0 Å². The molecule has 2 heterocycles. The average molecular weight is 346 g/mol. The van der Waals surface area contributed by atoms with E-state index in [1.54, 1.807) is 12.1 Å². The zero-order valence-corrected chi connectivity index (χ0v) is 14.5. The van der Waals surface area contributed by atoms with Gasteiger partial charge in [0.05, 0.1) is 11.4 Å². The van der Waals surface area contributed by atoms with Crippen molar-refractivity contribution in [2.24, 2.45) is 0 Å². The SMILES string of the molecule is CN1CC2(CCN(c3ccc(Cl)cc3N)CC2)c2ccc(F)cc21. The van der Waals surface area contributed by atoms with Crippen LogP contribution in [0.5, 0.6) is 0 Å². The van der Waals surface area contributed by atoms with Gasteiger partial charge in [-0.25, -0.2) is 4.39 Å². The highest BCUT2D eigenvalue weighted by atomic mass is 35.5. The van der Waals surface area contributed by atoms with Crippen molar-refractivity contribution >= 4 is 28.7 Å². The number of halogens is 2. The lowest BCUT2D eigenvalue weighted by Crippen LogP contribution is -2.45. The minimum Gasteiger partial charge on any atom is -0.397 e. The molecule has 2 aliphatic rings. The van der Waals surface area contributed by atoms with Gasteiger partial charge in [0.15, 0.2) is 0 Å². The number of nitrogens with two attached hydrogens (primary N) is 1. The molecule has 1 saturated heterocycles. The first-order chi connectivity index (χ1) is 11.5. The molecule has 0 atom stereocenters. The van der Waals surface area contributed by atoms with Crippen LogP contribution in [0.15, 0.2) is 36.4 Å². The van der Waals surface area contributed by atoms with E-state index in [0.717, 1.165) is 49.5 Å². The summed E-state index contributed by atoms with van der Waals surface area (Å²) in [4.78, 5) is 4.52. The van der Waals surface area contributed by atoms with E-state index >= 15 is 0 Å². The van der Waals surface area contributed by atoms with Gasteiger partial charge in [0.2, 0.25) is 0 Å². The van der Waals surface area contributed by atoms with E-state index in [0.29, 0.717) is 5.02 Å². The Labute approximate surface area is 146 Å². The molecule has 4 rings (SSSR count). The molecule has 0 saturated carbocycles. The standard InChI is InChI=1S/C19H21ClFN3/c1-23-12-19(15-4-3-14(21)11-18(15)23)6-8-24(9-7-19)17-5-2-13(20)10-16(17)22/h2-5,10-11H,6-9,12,22H2,1H3. The molecule has 0 unspecified atom stereocenters. The molecule has 0 aromatic heterocycles. The molecular formula is C19H21ClFN3. The lowest BCUT2D eigenvalue weighted by molar-refractivity contribution is 0.353. The van der Waals surface area contributed by atoms with Crippen LogP contribution < -0.4 is 15.5 Å². The van der Waals surface area contributed by atoms with E-state index in [-0.39, 0.29) is 11.2 Å². The highest BCUT2D eigenvalue weighted by molar-refractivity contribution is 6.31. The van der Waals surface area contributed by atoms with Crippen LogP contribution in [0, 0.1) is 5.82 Å². The third-order valence-electron chi connectivity index (χ3n) is 5.53. The Morgan fingerprint density at radius 2 is 1.83 bits per heavy atom. The molecule has 126 valence electrons. The van der Waals surface area contributed by atoms with Crippen molar-refractivity contribution in [3.05, 3.63) is 52.8 Å². The van der Waals surface area contributed by atoms with Gasteiger partial charge in [-0.3, -0.25) is 0 Å². The Kier molecular flexibility index (Phi) is 3.61. The molecular weight excluding hydrogens is 325 g/mol. The molecule has 0 amide bonds. The summed E-state index contributed by atoms with van der Waals surface area (Å²) in [6, 6.07) is 10.9. The maximum absolute atomic E-state index is 13.6. The fourth-order valence-electron chi connectivity index (χ4n) is 4.31. The maximum atomic E-state index is 13.6. The minimum absolute atomic E-state index is 0.121. The average Bonchev–Trinajstić information content (AvgIpc) is 2.80. The lowest BCUT2D eigenvalue weighted by atomic mass is 9.74. The molecule has 2 N–H and O–H groups in total. The Bertz CT molecular complexity index is 784. The molecule has 2 aromatic carbocycles. The first kappa shape index (κ1) is 15.6. The van der Waals surface area contributed by atoms with E-state index in [2.05, 4.69) is 16.8 Å². The summed E-state index contributed by atoms with van der Waals surface area (Å²) in [6.45, 7) is 2.84.